The van der Waals surface area contributed by atoms with Gasteiger partial charge in [-0.1, -0.05) is 114 Å². The van der Waals surface area contributed by atoms with Crippen LogP contribution in [-0.4, -0.2) is 0 Å². The lowest BCUT2D eigenvalue weighted by molar-refractivity contribution is 1.21. The summed E-state index contributed by atoms with van der Waals surface area (Å²) in [6, 6.07) is 6.22. The molecule has 0 saturated heterocycles. The highest BCUT2D eigenvalue weighted by Gasteiger charge is 2.20. The molecule has 0 fully saturated rings. The van der Waals surface area contributed by atoms with E-state index in [9.17, 15) is 0 Å². The molecule has 15 heavy (non-hydrogen) atoms. The third kappa shape index (κ3) is 4.05. The van der Waals surface area contributed by atoms with Gasteiger partial charge in [-0.25, -0.2) is 0 Å². The molecule has 0 N–H and O–H groups in total. The van der Waals surface area contributed by atoms with Crippen molar-refractivity contribution in [2.24, 2.45) is 0 Å². The average molecular weight is 594 g/mol. The molecular formula is C9H6Br6. The zero-order valence-electron chi connectivity index (χ0n) is 7.23. The molecule has 0 unspecified atom stereocenters. The first-order valence-electron chi connectivity index (χ1n) is 3.92. The Bertz CT molecular complexity index is 307. The van der Waals surface area contributed by atoms with Crippen LogP contribution in [0, 0.1) is 0 Å². The number of benzene rings is 1. The maximum absolute atomic E-state index is 3.55. The van der Waals surface area contributed by atoms with Crippen molar-refractivity contribution in [3.8, 4) is 0 Å². The minimum Gasteiger partial charge on any atom is -0.0712 e. The Kier molecular flexibility index (Phi) is 6.95. The molecule has 0 radical (unpaired) electrons. The first-order valence-corrected chi connectivity index (χ1v) is 9.41. The average Bonchev–Trinajstić information content (AvgIpc) is 2.16. The number of hydrogen-bond donors (Lipinski definition) is 0. The Morgan fingerprint density at radius 2 is 1.07 bits per heavy atom. The zero-order valence-corrected chi connectivity index (χ0v) is 16.7. The van der Waals surface area contributed by atoms with Crippen LogP contribution in [0.2, 0.25) is 0 Å². The minimum atomic E-state index is 0.131. The van der Waals surface area contributed by atoms with Gasteiger partial charge in [-0.2, -0.15) is 0 Å². The summed E-state index contributed by atoms with van der Waals surface area (Å²) >= 11 is 21.2. The van der Waals surface area contributed by atoms with E-state index in [1.54, 1.807) is 0 Å². The number of rotatable bonds is 3. The summed E-state index contributed by atoms with van der Waals surface area (Å²) < 4.78 is 0.430. The van der Waals surface area contributed by atoms with Gasteiger partial charge in [-0.05, 0) is 16.7 Å². The molecule has 0 nitrogen and oxygen atoms in total. The quantitative estimate of drug-likeness (QED) is 0.330. The molecule has 0 amide bonds. The van der Waals surface area contributed by atoms with E-state index in [4.69, 9.17) is 0 Å². The Hall–Kier alpha value is 2.10. The van der Waals surface area contributed by atoms with Gasteiger partial charge in [0.15, 0.2) is 0 Å². The summed E-state index contributed by atoms with van der Waals surface area (Å²) in [6.45, 7) is 0. The summed E-state index contributed by atoms with van der Waals surface area (Å²) in [5, 5.41) is 0. The highest BCUT2D eigenvalue weighted by atomic mass is 79.9. The Labute approximate surface area is 140 Å². The van der Waals surface area contributed by atoms with E-state index in [-0.39, 0.29) is 11.2 Å². The van der Waals surface area contributed by atoms with Gasteiger partial charge in [0.1, 0.15) is 0 Å². The maximum atomic E-state index is 3.55. The lowest BCUT2D eigenvalue weighted by atomic mass is 10.1. The van der Waals surface area contributed by atoms with Crippen molar-refractivity contribution < 1.29 is 0 Å². The third-order valence-electron chi connectivity index (χ3n) is 1.86. The van der Waals surface area contributed by atoms with Crippen LogP contribution in [0.5, 0.6) is 0 Å². The molecule has 0 heterocycles. The van der Waals surface area contributed by atoms with Gasteiger partial charge >= 0.3 is 0 Å². The monoisotopic (exact) mass is 588 g/mol. The largest absolute Gasteiger partial charge is 0.0953 e. The van der Waals surface area contributed by atoms with Gasteiger partial charge in [-0.3, -0.25) is 0 Å². The second kappa shape index (κ2) is 6.88. The molecule has 84 valence electrons. The summed E-state index contributed by atoms with van der Waals surface area (Å²) in [5.74, 6) is 0. The Morgan fingerprint density at radius 3 is 1.33 bits per heavy atom. The van der Waals surface area contributed by atoms with Crippen molar-refractivity contribution in [2.45, 2.75) is 11.2 Å². The first kappa shape index (κ1) is 15.2. The van der Waals surface area contributed by atoms with Crippen LogP contribution >= 0.6 is 95.6 Å². The molecule has 1 aromatic carbocycles. The normalized spacial score (nSPS) is 11.8. The van der Waals surface area contributed by atoms with Crippen molar-refractivity contribution in [3.63, 3.8) is 0 Å². The number of alkyl halides is 6. The second-order valence-corrected chi connectivity index (χ2v) is 11.9. The topological polar surface area (TPSA) is 0 Å². The van der Waals surface area contributed by atoms with E-state index in [2.05, 4.69) is 108 Å². The predicted molar refractivity (Wildman–Crippen MR) is 88.2 cm³/mol. The molecule has 0 aliphatic carbocycles. The van der Waals surface area contributed by atoms with E-state index in [1.165, 1.54) is 16.7 Å². The van der Waals surface area contributed by atoms with Crippen LogP contribution < -0.4 is 0 Å². The number of halogens is 6. The predicted octanol–water partition coefficient (Wildman–Crippen LogP) is 7.05. The summed E-state index contributed by atoms with van der Waals surface area (Å²) in [6.07, 6.45) is 0. The molecule has 0 aliphatic heterocycles. The molecule has 0 spiro atoms. The Morgan fingerprint density at radius 1 is 0.667 bits per heavy atom. The van der Waals surface area contributed by atoms with E-state index >= 15 is 0 Å². The van der Waals surface area contributed by atoms with Crippen molar-refractivity contribution in [1.29, 1.82) is 0 Å². The summed E-state index contributed by atoms with van der Waals surface area (Å²) in [5.41, 5.74) is 3.63. The molecule has 0 saturated carbocycles. The molecule has 0 atom stereocenters. The van der Waals surface area contributed by atoms with Crippen molar-refractivity contribution >= 4 is 95.6 Å². The zero-order chi connectivity index (χ0) is 11.6. The lowest BCUT2D eigenvalue weighted by Crippen LogP contribution is -1.98. The van der Waals surface area contributed by atoms with Crippen LogP contribution in [0.15, 0.2) is 18.2 Å². The van der Waals surface area contributed by atoms with Crippen LogP contribution in [0.3, 0.4) is 0 Å². The SMILES string of the molecule is BrC(Br)c1cccc(C(Br)Br)c1C(Br)Br. The highest BCUT2D eigenvalue weighted by Crippen LogP contribution is 2.45. The molecule has 0 aromatic heterocycles. The highest BCUT2D eigenvalue weighted by molar-refractivity contribution is 9.24. The Balaban J connectivity index is 3.35. The van der Waals surface area contributed by atoms with Gasteiger partial charge in [0.2, 0.25) is 0 Å². The van der Waals surface area contributed by atoms with Gasteiger partial charge in [0, 0.05) is 0 Å². The third-order valence-corrected chi connectivity index (χ3v) is 4.75. The van der Waals surface area contributed by atoms with Crippen molar-refractivity contribution in [1.82, 2.24) is 0 Å². The maximum Gasteiger partial charge on any atom is 0.0953 e. The minimum absolute atomic E-state index is 0.131. The van der Waals surface area contributed by atoms with E-state index in [0.717, 1.165) is 0 Å². The van der Waals surface area contributed by atoms with Crippen LogP contribution in [-0.2, 0) is 0 Å². The molecular weight excluding hydrogens is 588 g/mol. The summed E-state index contributed by atoms with van der Waals surface area (Å²) in [7, 11) is 0. The fraction of sp³-hybridized carbons (Fsp3) is 0.333. The van der Waals surface area contributed by atoms with E-state index in [0.29, 0.717) is 0 Å². The smallest absolute Gasteiger partial charge is 0.0712 e. The lowest BCUT2D eigenvalue weighted by Gasteiger charge is -2.17. The van der Waals surface area contributed by atoms with Crippen molar-refractivity contribution in [2.75, 3.05) is 0 Å². The first-order chi connectivity index (χ1) is 6.95. The van der Waals surface area contributed by atoms with Gasteiger partial charge in [-0.15, -0.1) is 0 Å². The summed E-state index contributed by atoms with van der Waals surface area (Å²) in [4.78, 5) is 0. The molecule has 6 heteroatoms. The molecule has 0 bridgehead atoms. The van der Waals surface area contributed by atoms with E-state index in [1.807, 2.05) is 6.07 Å². The second-order valence-electron chi connectivity index (χ2n) is 2.75. The standard InChI is InChI=1S/C9H6Br6/c10-7(11)4-2-1-3-5(8(12)13)6(4)9(14)15/h1-3,7-9H. The molecule has 0 aliphatic rings. The van der Waals surface area contributed by atoms with Gasteiger partial charge < -0.3 is 0 Å². The fourth-order valence-electron chi connectivity index (χ4n) is 1.23. The van der Waals surface area contributed by atoms with Crippen molar-refractivity contribution in [3.05, 3.63) is 34.9 Å². The number of hydrogen-bond acceptors (Lipinski definition) is 0. The van der Waals surface area contributed by atoms with Crippen LogP contribution in [0.4, 0.5) is 0 Å². The van der Waals surface area contributed by atoms with E-state index < -0.39 is 0 Å². The fourth-order valence-corrected chi connectivity index (χ4v) is 3.89. The molecule has 1 aromatic rings. The van der Waals surface area contributed by atoms with Crippen LogP contribution in [0.1, 0.15) is 27.9 Å². The van der Waals surface area contributed by atoms with Gasteiger partial charge in [0.05, 0.1) is 11.2 Å². The molecule has 1 rings (SSSR count). The van der Waals surface area contributed by atoms with Gasteiger partial charge in [0.25, 0.3) is 0 Å². The van der Waals surface area contributed by atoms with Crippen LogP contribution in [0.25, 0.3) is 0 Å².